The molecule has 1 fully saturated rings. The molecule has 0 atom stereocenters. The SMILES string of the molecule is CCC(N)(CC)C(=O)N(C)C1CC1. The first-order chi connectivity index (χ1) is 6.05. The molecule has 0 saturated heterocycles. The van der Waals surface area contributed by atoms with Gasteiger partial charge in [-0.25, -0.2) is 0 Å². The summed E-state index contributed by atoms with van der Waals surface area (Å²) < 4.78 is 0. The van der Waals surface area contributed by atoms with E-state index in [9.17, 15) is 4.79 Å². The number of nitrogens with two attached hydrogens (primary N) is 1. The largest absolute Gasteiger partial charge is 0.341 e. The molecule has 0 bridgehead atoms. The van der Waals surface area contributed by atoms with Gasteiger partial charge in [0.15, 0.2) is 0 Å². The summed E-state index contributed by atoms with van der Waals surface area (Å²) in [7, 11) is 1.87. The lowest BCUT2D eigenvalue weighted by atomic mass is 9.92. The minimum absolute atomic E-state index is 0.111. The second-order valence-corrected chi connectivity index (χ2v) is 4.01. The molecular weight excluding hydrogens is 164 g/mol. The van der Waals surface area contributed by atoms with Crippen LogP contribution in [-0.4, -0.2) is 29.4 Å². The molecule has 0 aromatic heterocycles. The number of likely N-dealkylation sites (N-methyl/N-ethyl adjacent to an activating group) is 1. The van der Waals surface area contributed by atoms with Crippen LogP contribution in [0.2, 0.25) is 0 Å². The van der Waals surface area contributed by atoms with Gasteiger partial charge in [-0.2, -0.15) is 0 Å². The van der Waals surface area contributed by atoms with Gasteiger partial charge in [-0.1, -0.05) is 13.8 Å². The third-order valence-electron chi connectivity index (χ3n) is 3.10. The number of hydrogen-bond acceptors (Lipinski definition) is 2. The van der Waals surface area contributed by atoms with E-state index in [1.807, 2.05) is 25.8 Å². The van der Waals surface area contributed by atoms with Crippen molar-refractivity contribution in [3.05, 3.63) is 0 Å². The summed E-state index contributed by atoms with van der Waals surface area (Å²) in [5, 5.41) is 0. The molecule has 0 unspecified atom stereocenters. The van der Waals surface area contributed by atoms with Crippen molar-refractivity contribution in [3.63, 3.8) is 0 Å². The molecule has 0 aromatic rings. The summed E-state index contributed by atoms with van der Waals surface area (Å²) in [6, 6.07) is 0.466. The summed E-state index contributed by atoms with van der Waals surface area (Å²) in [5.41, 5.74) is 5.39. The number of carbonyl (C=O) groups is 1. The molecule has 1 saturated carbocycles. The zero-order chi connectivity index (χ0) is 10.1. The van der Waals surface area contributed by atoms with Crippen molar-refractivity contribution in [2.75, 3.05) is 7.05 Å². The standard InChI is InChI=1S/C10H20N2O/c1-4-10(11,5-2)9(13)12(3)8-6-7-8/h8H,4-7,11H2,1-3H3. The highest BCUT2D eigenvalue weighted by atomic mass is 16.2. The van der Waals surface area contributed by atoms with Gasteiger partial charge in [0.1, 0.15) is 0 Å². The van der Waals surface area contributed by atoms with Crippen LogP contribution in [-0.2, 0) is 4.79 Å². The molecular formula is C10H20N2O. The van der Waals surface area contributed by atoms with Gasteiger partial charge in [-0.15, -0.1) is 0 Å². The molecule has 1 amide bonds. The summed E-state index contributed by atoms with van der Waals surface area (Å²) in [4.78, 5) is 13.7. The number of nitrogens with zero attached hydrogens (tertiary/aromatic N) is 1. The van der Waals surface area contributed by atoms with Crippen molar-refractivity contribution in [2.24, 2.45) is 5.73 Å². The first-order valence-corrected chi connectivity index (χ1v) is 5.11. The fourth-order valence-electron chi connectivity index (χ4n) is 1.53. The molecule has 0 heterocycles. The first-order valence-electron chi connectivity index (χ1n) is 5.11. The second kappa shape index (κ2) is 3.66. The van der Waals surface area contributed by atoms with Crippen LogP contribution in [0, 0.1) is 0 Å². The average molecular weight is 184 g/mol. The summed E-state index contributed by atoms with van der Waals surface area (Å²) in [6.45, 7) is 3.95. The van der Waals surface area contributed by atoms with E-state index < -0.39 is 5.54 Å². The molecule has 2 N–H and O–H groups in total. The minimum atomic E-state index is -0.628. The normalized spacial score (nSPS) is 17.2. The highest BCUT2D eigenvalue weighted by Crippen LogP contribution is 2.28. The Labute approximate surface area is 80.3 Å². The Morgan fingerprint density at radius 2 is 1.92 bits per heavy atom. The lowest BCUT2D eigenvalue weighted by Crippen LogP contribution is -2.54. The van der Waals surface area contributed by atoms with E-state index in [1.54, 1.807) is 0 Å². The predicted molar refractivity (Wildman–Crippen MR) is 53.3 cm³/mol. The van der Waals surface area contributed by atoms with Gasteiger partial charge in [0.25, 0.3) is 0 Å². The molecule has 1 rings (SSSR count). The van der Waals surface area contributed by atoms with E-state index in [-0.39, 0.29) is 5.91 Å². The maximum Gasteiger partial charge on any atom is 0.242 e. The zero-order valence-electron chi connectivity index (χ0n) is 8.84. The Morgan fingerprint density at radius 3 is 2.23 bits per heavy atom. The predicted octanol–water partition coefficient (Wildman–Crippen LogP) is 1.12. The van der Waals surface area contributed by atoms with E-state index in [1.165, 1.54) is 0 Å². The number of hydrogen-bond donors (Lipinski definition) is 1. The third-order valence-corrected chi connectivity index (χ3v) is 3.10. The van der Waals surface area contributed by atoms with Crippen molar-refractivity contribution in [1.82, 2.24) is 4.90 Å². The molecule has 1 aliphatic rings. The molecule has 3 heteroatoms. The van der Waals surface area contributed by atoms with E-state index in [0.29, 0.717) is 6.04 Å². The molecule has 0 aliphatic heterocycles. The molecule has 0 radical (unpaired) electrons. The topological polar surface area (TPSA) is 46.3 Å². The highest BCUT2D eigenvalue weighted by Gasteiger charge is 2.38. The highest BCUT2D eigenvalue weighted by molar-refractivity contribution is 5.86. The van der Waals surface area contributed by atoms with E-state index >= 15 is 0 Å². The van der Waals surface area contributed by atoms with E-state index in [2.05, 4.69) is 0 Å². The zero-order valence-corrected chi connectivity index (χ0v) is 8.84. The molecule has 0 spiro atoms. The molecule has 76 valence electrons. The van der Waals surface area contributed by atoms with Gasteiger partial charge in [0.2, 0.25) is 5.91 Å². The third kappa shape index (κ3) is 2.02. The van der Waals surface area contributed by atoms with E-state index in [0.717, 1.165) is 25.7 Å². The summed E-state index contributed by atoms with van der Waals surface area (Å²) in [6.07, 6.45) is 3.73. The van der Waals surface area contributed by atoms with Gasteiger partial charge in [0.05, 0.1) is 5.54 Å². The van der Waals surface area contributed by atoms with Crippen molar-refractivity contribution in [2.45, 2.75) is 51.1 Å². The number of carbonyl (C=O) groups excluding carboxylic acids is 1. The van der Waals surface area contributed by atoms with Crippen molar-refractivity contribution >= 4 is 5.91 Å². The molecule has 1 aliphatic carbocycles. The Kier molecular flexibility index (Phi) is 2.96. The number of amides is 1. The fraction of sp³-hybridized carbons (Fsp3) is 0.900. The fourth-order valence-corrected chi connectivity index (χ4v) is 1.53. The molecule has 13 heavy (non-hydrogen) atoms. The van der Waals surface area contributed by atoms with Crippen LogP contribution in [0.3, 0.4) is 0 Å². The van der Waals surface area contributed by atoms with Crippen LogP contribution in [0.5, 0.6) is 0 Å². The van der Waals surface area contributed by atoms with Crippen LogP contribution < -0.4 is 5.73 Å². The number of rotatable bonds is 4. The Morgan fingerprint density at radius 1 is 1.46 bits per heavy atom. The second-order valence-electron chi connectivity index (χ2n) is 4.01. The van der Waals surface area contributed by atoms with Crippen LogP contribution in [0.15, 0.2) is 0 Å². The van der Waals surface area contributed by atoms with Crippen molar-refractivity contribution in [1.29, 1.82) is 0 Å². The van der Waals surface area contributed by atoms with Crippen LogP contribution in [0.1, 0.15) is 39.5 Å². The Hall–Kier alpha value is -0.570. The summed E-state index contributed by atoms with van der Waals surface area (Å²) in [5.74, 6) is 0.111. The van der Waals surface area contributed by atoms with Gasteiger partial charge in [0, 0.05) is 13.1 Å². The maximum absolute atomic E-state index is 11.9. The van der Waals surface area contributed by atoms with Crippen LogP contribution >= 0.6 is 0 Å². The van der Waals surface area contributed by atoms with Crippen molar-refractivity contribution in [3.8, 4) is 0 Å². The van der Waals surface area contributed by atoms with Gasteiger partial charge in [-0.3, -0.25) is 4.79 Å². The monoisotopic (exact) mass is 184 g/mol. The Balaban J connectivity index is 2.62. The lowest BCUT2D eigenvalue weighted by Gasteiger charge is -2.30. The first kappa shape index (κ1) is 10.5. The Bertz CT molecular complexity index is 195. The molecule has 3 nitrogen and oxygen atoms in total. The average Bonchev–Trinajstić information content (AvgIpc) is 2.97. The van der Waals surface area contributed by atoms with Crippen LogP contribution in [0.4, 0.5) is 0 Å². The smallest absolute Gasteiger partial charge is 0.242 e. The minimum Gasteiger partial charge on any atom is -0.341 e. The van der Waals surface area contributed by atoms with Gasteiger partial charge < -0.3 is 10.6 Å². The van der Waals surface area contributed by atoms with E-state index in [4.69, 9.17) is 5.73 Å². The van der Waals surface area contributed by atoms with Gasteiger partial charge in [-0.05, 0) is 25.7 Å². The van der Waals surface area contributed by atoms with Crippen molar-refractivity contribution < 1.29 is 4.79 Å². The van der Waals surface area contributed by atoms with Crippen LogP contribution in [0.25, 0.3) is 0 Å². The quantitative estimate of drug-likeness (QED) is 0.711. The van der Waals surface area contributed by atoms with Gasteiger partial charge >= 0.3 is 0 Å². The lowest BCUT2D eigenvalue weighted by molar-refractivity contribution is -0.136. The maximum atomic E-state index is 11.9. The molecule has 0 aromatic carbocycles. The summed E-state index contributed by atoms with van der Waals surface area (Å²) >= 11 is 0.